The molecule has 3 heteroatoms. The summed E-state index contributed by atoms with van der Waals surface area (Å²) in [5.41, 5.74) is 4.84. The second kappa shape index (κ2) is 7.13. The number of hydrogen-bond donors (Lipinski definition) is 0. The summed E-state index contributed by atoms with van der Waals surface area (Å²) in [5, 5.41) is 4.95. The van der Waals surface area contributed by atoms with Gasteiger partial charge in [-0.15, -0.1) is 11.3 Å². The molecular formula is C28H26FNS. The summed E-state index contributed by atoms with van der Waals surface area (Å²) >= 11 is 1.84. The Kier molecular flexibility index (Phi) is 4.63. The molecule has 2 heterocycles. The lowest BCUT2D eigenvalue weighted by Gasteiger charge is -2.18. The molecule has 0 atom stereocenters. The van der Waals surface area contributed by atoms with E-state index in [-0.39, 0.29) is 11.2 Å². The van der Waals surface area contributed by atoms with Crippen molar-refractivity contribution in [3.63, 3.8) is 0 Å². The minimum atomic E-state index is -0.137. The average molecular weight is 428 g/mol. The lowest BCUT2D eigenvalue weighted by molar-refractivity contribution is 0.411. The van der Waals surface area contributed by atoms with Crippen LogP contribution in [0.2, 0.25) is 0 Å². The van der Waals surface area contributed by atoms with Gasteiger partial charge in [0.1, 0.15) is 5.82 Å². The van der Waals surface area contributed by atoms with Crippen LogP contribution in [0.15, 0.2) is 54.7 Å². The maximum Gasteiger partial charge on any atom is 0.129 e. The van der Waals surface area contributed by atoms with Crippen LogP contribution in [0.25, 0.3) is 42.2 Å². The predicted octanol–water partition coefficient (Wildman–Crippen LogP) is 8.61. The zero-order valence-corrected chi connectivity index (χ0v) is 19.5. The Morgan fingerprint density at radius 2 is 1.52 bits per heavy atom. The molecule has 0 aliphatic heterocycles. The van der Waals surface area contributed by atoms with Gasteiger partial charge in [-0.1, -0.05) is 39.0 Å². The van der Waals surface area contributed by atoms with E-state index in [1.54, 1.807) is 0 Å². The zero-order valence-electron chi connectivity index (χ0n) is 18.6. The third-order valence-corrected chi connectivity index (χ3v) is 7.11. The summed E-state index contributed by atoms with van der Waals surface area (Å²) in [6.45, 7) is 10.5. The van der Waals surface area contributed by atoms with Gasteiger partial charge >= 0.3 is 0 Å². The van der Waals surface area contributed by atoms with Gasteiger partial charge in [-0.2, -0.15) is 0 Å². The number of rotatable bonds is 2. The summed E-state index contributed by atoms with van der Waals surface area (Å²) < 4.78 is 16.8. The molecule has 156 valence electrons. The summed E-state index contributed by atoms with van der Waals surface area (Å²) in [6, 6.07) is 17.2. The first-order valence-electron chi connectivity index (χ1n) is 10.7. The molecule has 0 radical (unpaired) electrons. The first-order valence-corrected chi connectivity index (χ1v) is 11.5. The molecule has 3 aromatic carbocycles. The highest BCUT2D eigenvalue weighted by Crippen LogP contribution is 2.41. The number of fused-ring (bicyclic) bond motifs is 5. The molecule has 0 spiro atoms. The highest BCUT2D eigenvalue weighted by Gasteiger charge is 2.16. The Morgan fingerprint density at radius 1 is 0.839 bits per heavy atom. The van der Waals surface area contributed by atoms with Crippen molar-refractivity contribution >= 4 is 42.3 Å². The van der Waals surface area contributed by atoms with Gasteiger partial charge in [-0.3, -0.25) is 4.98 Å². The third-order valence-electron chi connectivity index (χ3n) is 5.89. The van der Waals surface area contributed by atoms with Gasteiger partial charge in [-0.25, -0.2) is 4.39 Å². The topological polar surface area (TPSA) is 12.9 Å². The Bertz CT molecular complexity index is 1450. The van der Waals surface area contributed by atoms with Gasteiger partial charge in [0.15, 0.2) is 0 Å². The SMILES string of the molecule is Cc1cc(-c2nccc3c2ccc2c4cc(CC(C)(C)C)ccc4sc32)cc(C)c1F. The molecule has 0 bridgehead atoms. The van der Waals surface area contributed by atoms with Crippen LogP contribution in [0.4, 0.5) is 4.39 Å². The summed E-state index contributed by atoms with van der Waals surface area (Å²) in [7, 11) is 0. The molecular weight excluding hydrogens is 401 g/mol. The molecule has 0 N–H and O–H groups in total. The van der Waals surface area contributed by atoms with Crippen LogP contribution in [0.1, 0.15) is 37.5 Å². The minimum absolute atomic E-state index is 0.137. The van der Waals surface area contributed by atoms with E-state index in [2.05, 4.69) is 62.2 Å². The van der Waals surface area contributed by atoms with E-state index in [1.165, 1.54) is 31.1 Å². The maximum absolute atomic E-state index is 14.2. The van der Waals surface area contributed by atoms with E-state index in [0.29, 0.717) is 11.1 Å². The minimum Gasteiger partial charge on any atom is -0.256 e. The molecule has 0 amide bonds. The van der Waals surface area contributed by atoms with Crippen molar-refractivity contribution in [2.75, 3.05) is 0 Å². The summed E-state index contributed by atoms with van der Waals surface area (Å²) in [6.07, 6.45) is 2.94. The van der Waals surface area contributed by atoms with E-state index >= 15 is 0 Å². The maximum atomic E-state index is 14.2. The number of halogens is 1. The van der Waals surface area contributed by atoms with Gasteiger partial charge in [0.25, 0.3) is 0 Å². The number of aromatic nitrogens is 1. The molecule has 0 aliphatic carbocycles. The normalized spacial score (nSPS) is 12.3. The largest absolute Gasteiger partial charge is 0.256 e. The molecule has 5 aromatic rings. The van der Waals surface area contributed by atoms with Crippen molar-refractivity contribution in [1.82, 2.24) is 4.98 Å². The lowest BCUT2D eigenvalue weighted by Crippen LogP contribution is -2.08. The molecule has 0 unspecified atom stereocenters. The van der Waals surface area contributed by atoms with Crippen molar-refractivity contribution < 1.29 is 4.39 Å². The Balaban J connectivity index is 1.74. The van der Waals surface area contributed by atoms with Crippen molar-refractivity contribution in [2.24, 2.45) is 5.41 Å². The molecule has 0 saturated heterocycles. The smallest absolute Gasteiger partial charge is 0.129 e. The number of thiophene rings is 1. The van der Waals surface area contributed by atoms with Crippen LogP contribution in [-0.4, -0.2) is 4.98 Å². The van der Waals surface area contributed by atoms with Crippen molar-refractivity contribution in [3.8, 4) is 11.3 Å². The number of benzene rings is 3. The van der Waals surface area contributed by atoms with Crippen LogP contribution in [0.5, 0.6) is 0 Å². The van der Waals surface area contributed by atoms with Gasteiger partial charge < -0.3 is 0 Å². The van der Waals surface area contributed by atoms with Crippen LogP contribution >= 0.6 is 11.3 Å². The fourth-order valence-corrected chi connectivity index (χ4v) is 5.78. The molecule has 2 aromatic heterocycles. The number of hydrogen-bond acceptors (Lipinski definition) is 2. The summed E-state index contributed by atoms with van der Waals surface area (Å²) in [5.74, 6) is -0.137. The van der Waals surface area contributed by atoms with Crippen molar-refractivity contribution in [1.29, 1.82) is 0 Å². The van der Waals surface area contributed by atoms with Crippen LogP contribution in [0.3, 0.4) is 0 Å². The van der Waals surface area contributed by atoms with Gasteiger partial charge in [0.05, 0.1) is 5.69 Å². The van der Waals surface area contributed by atoms with E-state index in [0.717, 1.165) is 23.1 Å². The number of pyridine rings is 1. The highest BCUT2D eigenvalue weighted by molar-refractivity contribution is 7.26. The first-order chi connectivity index (χ1) is 14.7. The van der Waals surface area contributed by atoms with Crippen molar-refractivity contribution in [3.05, 3.63) is 77.2 Å². The second-order valence-electron chi connectivity index (χ2n) is 9.79. The van der Waals surface area contributed by atoms with Crippen LogP contribution in [0, 0.1) is 25.1 Å². The Morgan fingerprint density at radius 3 is 2.23 bits per heavy atom. The standard InChI is InChI=1S/C28H26FNS/c1-16-12-19(13-17(2)25(16)29)26-20-7-8-21-23-14-18(15-28(3,4)5)6-9-24(23)31-27(21)22(20)10-11-30-26/h6-14H,15H2,1-5H3. The van der Waals surface area contributed by atoms with Crippen molar-refractivity contribution in [2.45, 2.75) is 41.0 Å². The molecule has 31 heavy (non-hydrogen) atoms. The fourth-order valence-electron chi connectivity index (χ4n) is 4.57. The quantitative estimate of drug-likeness (QED) is 0.275. The molecule has 1 nitrogen and oxygen atoms in total. The van der Waals surface area contributed by atoms with Gasteiger partial charge in [0.2, 0.25) is 0 Å². The first kappa shape index (κ1) is 20.1. The van der Waals surface area contributed by atoms with E-state index in [4.69, 9.17) is 0 Å². The molecule has 0 saturated carbocycles. The molecule has 5 rings (SSSR count). The number of nitrogens with zero attached hydrogens (tertiary/aromatic N) is 1. The number of aryl methyl sites for hydroxylation is 2. The second-order valence-corrected chi connectivity index (χ2v) is 10.8. The fraction of sp³-hybridized carbons (Fsp3) is 0.250. The molecule has 0 aliphatic rings. The highest BCUT2D eigenvalue weighted by atomic mass is 32.1. The van der Waals surface area contributed by atoms with E-state index < -0.39 is 0 Å². The predicted molar refractivity (Wildman–Crippen MR) is 133 cm³/mol. The van der Waals surface area contributed by atoms with Crippen LogP contribution < -0.4 is 0 Å². The third kappa shape index (κ3) is 3.51. The average Bonchev–Trinajstić information content (AvgIpc) is 3.08. The van der Waals surface area contributed by atoms with E-state index in [9.17, 15) is 4.39 Å². The monoisotopic (exact) mass is 427 g/mol. The lowest BCUT2D eigenvalue weighted by atomic mass is 9.88. The zero-order chi connectivity index (χ0) is 21.9. The van der Waals surface area contributed by atoms with Gasteiger partial charge in [-0.05, 0) is 72.7 Å². The Labute approximate surface area is 186 Å². The van der Waals surface area contributed by atoms with E-state index in [1.807, 2.05) is 43.5 Å². The Hall–Kier alpha value is -2.78. The van der Waals surface area contributed by atoms with Crippen LogP contribution in [-0.2, 0) is 6.42 Å². The molecule has 0 fully saturated rings. The van der Waals surface area contributed by atoms with Gasteiger partial charge in [0, 0.05) is 42.7 Å². The summed E-state index contributed by atoms with van der Waals surface area (Å²) in [4.78, 5) is 4.69.